The van der Waals surface area contributed by atoms with Gasteiger partial charge in [-0.05, 0) is 51.7 Å². The predicted octanol–water partition coefficient (Wildman–Crippen LogP) is 4.53. The van der Waals surface area contributed by atoms with E-state index in [9.17, 15) is 14.7 Å². The first-order valence-corrected chi connectivity index (χ1v) is 11.4. The molecule has 7 heteroatoms. The Labute approximate surface area is 184 Å². The number of esters is 1. The summed E-state index contributed by atoms with van der Waals surface area (Å²) in [7, 11) is 0. The Morgan fingerprint density at radius 2 is 1.87 bits per heavy atom. The van der Waals surface area contributed by atoms with E-state index in [2.05, 4.69) is 0 Å². The molecule has 0 radical (unpaired) electrons. The van der Waals surface area contributed by atoms with Gasteiger partial charge in [-0.25, -0.2) is 0 Å². The summed E-state index contributed by atoms with van der Waals surface area (Å²) in [6, 6.07) is 5.48. The number of unbranched alkanes of at least 4 members (excludes halogenated alkanes) is 3. The van der Waals surface area contributed by atoms with Gasteiger partial charge in [0.1, 0.15) is 24.7 Å². The van der Waals surface area contributed by atoms with Crippen LogP contribution in [0.1, 0.15) is 77.2 Å². The maximum Gasteiger partial charge on any atom is 0.305 e. The van der Waals surface area contributed by atoms with Crippen LogP contribution in [0.25, 0.3) is 0 Å². The minimum absolute atomic E-state index is 0.0343. The van der Waals surface area contributed by atoms with Crippen molar-refractivity contribution in [2.75, 3.05) is 13.2 Å². The number of fused-ring (bicyclic) bond motifs is 1. The number of ether oxygens (including phenoxy) is 2. The van der Waals surface area contributed by atoms with Crippen LogP contribution in [0.5, 0.6) is 11.5 Å². The fourth-order valence-corrected chi connectivity index (χ4v) is 3.65. The highest BCUT2D eigenvalue weighted by Crippen LogP contribution is 2.30. The van der Waals surface area contributed by atoms with Crippen LogP contribution >= 0.6 is 0 Å². The molecule has 1 aromatic carbocycles. The molecule has 0 saturated heterocycles. The number of aliphatic hydroxyl groups excluding tert-OH is 1. The molecule has 0 fully saturated rings. The number of rotatable bonds is 16. The number of carbonyl (C=O) groups is 2. The van der Waals surface area contributed by atoms with Crippen LogP contribution < -0.4 is 9.62 Å². The molecule has 2 unspecified atom stereocenters. The van der Waals surface area contributed by atoms with Crippen LogP contribution in [0.15, 0.2) is 18.2 Å². The molecule has 31 heavy (non-hydrogen) atoms. The van der Waals surface area contributed by atoms with Crippen LogP contribution in [0.3, 0.4) is 0 Å². The number of hydrogen-bond donors (Lipinski definition) is 1. The van der Waals surface area contributed by atoms with Gasteiger partial charge in [0.2, 0.25) is 0 Å². The van der Waals surface area contributed by atoms with E-state index in [4.69, 9.17) is 19.2 Å². The standard InChI is InChI=1S/C24H36O7/c1-3-28-24(27)12-7-5-4-6-9-19(18(2)25)10-8-11-21(26)17-29-22-14-13-20-16-30-31-23(20)15-22/h13-15,19,21,26H,3-12,16-17H2,1-2H3. The van der Waals surface area contributed by atoms with Crippen molar-refractivity contribution in [3.63, 3.8) is 0 Å². The molecule has 1 aliphatic heterocycles. The van der Waals surface area contributed by atoms with E-state index < -0.39 is 6.10 Å². The molecule has 0 aromatic heterocycles. The van der Waals surface area contributed by atoms with Crippen LogP contribution in [0, 0.1) is 5.92 Å². The molecule has 0 spiro atoms. The summed E-state index contributed by atoms with van der Waals surface area (Å²) in [6.07, 6.45) is 6.68. The van der Waals surface area contributed by atoms with Gasteiger partial charge >= 0.3 is 5.97 Å². The van der Waals surface area contributed by atoms with Crippen LogP contribution in [0.2, 0.25) is 0 Å². The lowest BCUT2D eigenvalue weighted by Crippen LogP contribution is -2.18. The molecule has 2 atom stereocenters. The van der Waals surface area contributed by atoms with Gasteiger partial charge in [0.25, 0.3) is 0 Å². The highest BCUT2D eigenvalue weighted by Gasteiger charge is 2.17. The van der Waals surface area contributed by atoms with Crippen LogP contribution in [-0.2, 0) is 25.8 Å². The highest BCUT2D eigenvalue weighted by atomic mass is 17.2. The molecular formula is C24H36O7. The van der Waals surface area contributed by atoms with E-state index in [1.54, 1.807) is 13.0 Å². The number of Topliss-reactive ketones (excluding diaryl/α,β-unsaturated/α-hetero) is 1. The van der Waals surface area contributed by atoms with Crippen LogP contribution in [0.4, 0.5) is 0 Å². The second kappa shape index (κ2) is 14.0. The zero-order chi connectivity index (χ0) is 22.5. The molecule has 2 rings (SSSR count). The van der Waals surface area contributed by atoms with Crippen molar-refractivity contribution in [3.05, 3.63) is 23.8 Å². The molecule has 0 aliphatic carbocycles. The van der Waals surface area contributed by atoms with Crippen molar-refractivity contribution in [1.82, 2.24) is 0 Å². The Kier molecular flexibility index (Phi) is 11.4. The number of carbonyl (C=O) groups excluding carboxylic acids is 2. The highest BCUT2D eigenvalue weighted by molar-refractivity contribution is 5.78. The molecule has 1 heterocycles. The van der Waals surface area contributed by atoms with E-state index in [1.807, 2.05) is 19.1 Å². The second-order valence-corrected chi connectivity index (χ2v) is 8.08. The Morgan fingerprint density at radius 1 is 1.10 bits per heavy atom. The van der Waals surface area contributed by atoms with Gasteiger partial charge < -0.3 is 19.5 Å². The quantitative estimate of drug-likeness (QED) is 0.231. The molecule has 174 valence electrons. The first kappa shape index (κ1) is 25.1. The molecule has 0 amide bonds. The first-order valence-electron chi connectivity index (χ1n) is 11.4. The van der Waals surface area contributed by atoms with E-state index in [0.29, 0.717) is 37.6 Å². The summed E-state index contributed by atoms with van der Waals surface area (Å²) >= 11 is 0. The largest absolute Gasteiger partial charge is 0.491 e. The summed E-state index contributed by atoms with van der Waals surface area (Å²) in [5, 5.41) is 10.2. The van der Waals surface area contributed by atoms with Crippen molar-refractivity contribution in [1.29, 1.82) is 0 Å². The molecule has 1 aromatic rings. The lowest BCUT2D eigenvalue weighted by Gasteiger charge is -2.16. The SMILES string of the molecule is CCOC(=O)CCCCCCC(CCCC(O)COc1ccc2c(c1)OOC2)C(C)=O. The summed E-state index contributed by atoms with van der Waals surface area (Å²) in [5.41, 5.74) is 0.974. The maximum atomic E-state index is 11.9. The zero-order valence-corrected chi connectivity index (χ0v) is 18.8. The first-order chi connectivity index (χ1) is 15.0. The minimum Gasteiger partial charge on any atom is -0.491 e. The topological polar surface area (TPSA) is 91.3 Å². The number of hydrogen-bond acceptors (Lipinski definition) is 7. The van der Waals surface area contributed by atoms with E-state index in [-0.39, 0.29) is 24.3 Å². The second-order valence-electron chi connectivity index (χ2n) is 8.08. The summed E-state index contributed by atoms with van der Waals surface area (Å²) < 4.78 is 10.6. The van der Waals surface area contributed by atoms with Crippen LogP contribution in [-0.4, -0.2) is 36.2 Å². The molecule has 1 aliphatic rings. The number of benzene rings is 1. The molecule has 7 nitrogen and oxygen atoms in total. The van der Waals surface area contributed by atoms with Gasteiger partial charge in [-0.1, -0.05) is 25.7 Å². The third-order valence-electron chi connectivity index (χ3n) is 5.50. The normalized spacial score (nSPS) is 14.4. The van der Waals surface area contributed by atoms with Crippen molar-refractivity contribution >= 4 is 11.8 Å². The van der Waals surface area contributed by atoms with Crippen molar-refractivity contribution in [2.45, 2.75) is 84.3 Å². The van der Waals surface area contributed by atoms with E-state index in [1.165, 1.54) is 0 Å². The summed E-state index contributed by atoms with van der Waals surface area (Å²) in [4.78, 5) is 33.2. The van der Waals surface area contributed by atoms with Gasteiger partial charge in [0, 0.05) is 24.0 Å². The fraction of sp³-hybridized carbons (Fsp3) is 0.667. The smallest absolute Gasteiger partial charge is 0.305 e. The summed E-state index contributed by atoms with van der Waals surface area (Å²) in [6.45, 7) is 4.52. The Hall–Kier alpha value is -2.12. The Balaban J connectivity index is 1.56. The molecule has 1 N–H and O–H groups in total. The van der Waals surface area contributed by atoms with Gasteiger partial charge in [0.15, 0.2) is 5.75 Å². The monoisotopic (exact) mass is 436 g/mol. The lowest BCUT2D eigenvalue weighted by atomic mass is 9.91. The van der Waals surface area contributed by atoms with Crippen molar-refractivity contribution < 1.29 is 33.9 Å². The number of aliphatic hydroxyl groups is 1. The molecule has 0 saturated carbocycles. The molecular weight excluding hydrogens is 400 g/mol. The van der Waals surface area contributed by atoms with Gasteiger partial charge in [-0.15, -0.1) is 0 Å². The van der Waals surface area contributed by atoms with Gasteiger partial charge in [0.05, 0.1) is 12.7 Å². The third kappa shape index (κ3) is 9.70. The zero-order valence-electron chi connectivity index (χ0n) is 18.8. The lowest BCUT2D eigenvalue weighted by molar-refractivity contribution is -0.194. The van der Waals surface area contributed by atoms with E-state index in [0.717, 1.165) is 50.5 Å². The Bertz CT molecular complexity index is 689. The Morgan fingerprint density at radius 3 is 2.65 bits per heavy atom. The number of ketones is 1. The average Bonchev–Trinajstić information content (AvgIpc) is 3.21. The van der Waals surface area contributed by atoms with Gasteiger partial charge in [-0.3, -0.25) is 9.59 Å². The molecule has 0 bridgehead atoms. The fourth-order valence-electron chi connectivity index (χ4n) is 3.65. The maximum absolute atomic E-state index is 11.9. The van der Waals surface area contributed by atoms with Crippen molar-refractivity contribution in [3.8, 4) is 11.5 Å². The minimum atomic E-state index is -0.582. The average molecular weight is 437 g/mol. The van der Waals surface area contributed by atoms with Crippen molar-refractivity contribution in [2.24, 2.45) is 5.92 Å². The summed E-state index contributed by atoms with van der Waals surface area (Å²) in [5.74, 6) is 1.39. The van der Waals surface area contributed by atoms with Gasteiger partial charge in [-0.2, -0.15) is 4.89 Å². The third-order valence-corrected chi connectivity index (χ3v) is 5.50. The predicted molar refractivity (Wildman–Crippen MR) is 116 cm³/mol. The van der Waals surface area contributed by atoms with E-state index >= 15 is 0 Å².